The van der Waals surface area contributed by atoms with Crippen LogP contribution in [0.25, 0.3) is 0 Å². The quantitative estimate of drug-likeness (QED) is 0.877. The van der Waals surface area contributed by atoms with Gasteiger partial charge in [0, 0.05) is 17.8 Å². The fourth-order valence-corrected chi connectivity index (χ4v) is 2.66. The number of rotatable bonds is 6. The van der Waals surface area contributed by atoms with Gasteiger partial charge in [-0.25, -0.2) is 0 Å². The maximum atomic E-state index is 12.7. The van der Waals surface area contributed by atoms with Crippen LogP contribution in [0, 0.1) is 13.8 Å². The summed E-state index contributed by atoms with van der Waals surface area (Å²) < 4.78 is 5.09. The van der Waals surface area contributed by atoms with Gasteiger partial charge in [-0.2, -0.15) is 0 Å². The second-order valence-electron chi connectivity index (χ2n) is 5.97. The standard InChI is InChI=1S/C20H24N2O3/c1-5-22(20(24)16-11-14(2)10-15(3)12-16)13-19(23)21-17-6-8-18(25-4)9-7-17/h6-12H,5,13H2,1-4H3,(H,21,23). The third-order valence-corrected chi connectivity index (χ3v) is 3.85. The van der Waals surface area contributed by atoms with Crippen LogP contribution in [-0.4, -0.2) is 36.9 Å². The molecule has 25 heavy (non-hydrogen) atoms. The third kappa shape index (κ3) is 5.08. The Labute approximate surface area is 148 Å². The number of likely N-dealkylation sites (N-methyl/N-ethyl adjacent to an activating group) is 1. The minimum Gasteiger partial charge on any atom is -0.497 e. The van der Waals surface area contributed by atoms with Crippen LogP contribution in [0.3, 0.4) is 0 Å². The van der Waals surface area contributed by atoms with E-state index in [9.17, 15) is 9.59 Å². The Morgan fingerprint density at radius 2 is 1.64 bits per heavy atom. The van der Waals surface area contributed by atoms with Crippen molar-refractivity contribution in [3.8, 4) is 5.75 Å². The lowest BCUT2D eigenvalue weighted by Gasteiger charge is -2.21. The Balaban J connectivity index is 2.04. The van der Waals surface area contributed by atoms with Gasteiger partial charge in [-0.15, -0.1) is 0 Å². The third-order valence-electron chi connectivity index (χ3n) is 3.85. The van der Waals surface area contributed by atoms with Crippen molar-refractivity contribution in [1.29, 1.82) is 0 Å². The number of amides is 2. The molecule has 0 bridgehead atoms. The molecule has 0 unspecified atom stereocenters. The molecule has 0 heterocycles. The maximum Gasteiger partial charge on any atom is 0.254 e. The monoisotopic (exact) mass is 340 g/mol. The molecule has 0 aliphatic heterocycles. The van der Waals surface area contributed by atoms with Crippen LogP contribution < -0.4 is 10.1 Å². The molecular weight excluding hydrogens is 316 g/mol. The Kier molecular flexibility index (Phi) is 6.17. The van der Waals surface area contributed by atoms with Crippen LogP contribution >= 0.6 is 0 Å². The van der Waals surface area contributed by atoms with Crippen molar-refractivity contribution in [1.82, 2.24) is 4.90 Å². The molecule has 2 aromatic rings. The van der Waals surface area contributed by atoms with E-state index in [1.807, 2.05) is 39.0 Å². The molecule has 0 radical (unpaired) electrons. The van der Waals surface area contributed by atoms with Crippen molar-refractivity contribution < 1.29 is 14.3 Å². The first kappa shape index (κ1) is 18.5. The minimum absolute atomic E-state index is 0.00829. The molecule has 1 N–H and O–H groups in total. The molecule has 132 valence electrons. The van der Waals surface area contributed by atoms with E-state index in [1.54, 1.807) is 31.4 Å². The number of benzene rings is 2. The summed E-state index contributed by atoms with van der Waals surface area (Å²) in [5.41, 5.74) is 3.33. The first-order valence-corrected chi connectivity index (χ1v) is 8.24. The highest BCUT2D eigenvalue weighted by Gasteiger charge is 2.18. The van der Waals surface area contributed by atoms with Gasteiger partial charge in [0.05, 0.1) is 7.11 Å². The summed E-state index contributed by atoms with van der Waals surface area (Å²) in [5, 5.41) is 2.80. The van der Waals surface area contributed by atoms with E-state index in [4.69, 9.17) is 4.74 Å². The second-order valence-corrected chi connectivity index (χ2v) is 5.97. The van der Waals surface area contributed by atoms with E-state index in [-0.39, 0.29) is 18.4 Å². The molecule has 0 fully saturated rings. The number of anilines is 1. The zero-order chi connectivity index (χ0) is 18.4. The molecule has 2 amide bonds. The first-order valence-electron chi connectivity index (χ1n) is 8.24. The molecule has 5 nitrogen and oxygen atoms in total. The van der Waals surface area contributed by atoms with Gasteiger partial charge >= 0.3 is 0 Å². The topological polar surface area (TPSA) is 58.6 Å². The molecular formula is C20H24N2O3. The summed E-state index contributed by atoms with van der Waals surface area (Å²) in [4.78, 5) is 26.5. The zero-order valence-corrected chi connectivity index (χ0v) is 15.1. The number of aryl methyl sites for hydroxylation is 2. The Morgan fingerprint density at radius 3 is 2.16 bits per heavy atom. The highest BCUT2D eigenvalue weighted by molar-refractivity contribution is 5.99. The summed E-state index contributed by atoms with van der Waals surface area (Å²) in [6.45, 7) is 6.24. The molecule has 2 rings (SSSR count). The predicted octanol–water partition coefficient (Wildman–Crippen LogP) is 3.41. The first-order chi connectivity index (χ1) is 11.9. The number of hydrogen-bond acceptors (Lipinski definition) is 3. The van der Waals surface area contributed by atoms with Crippen molar-refractivity contribution >= 4 is 17.5 Å². The number of carbonyl (C=O) groups is 2. The van der Waals surface area contributed by atoms with Crippen molar-refractivity contribution in [2.45, 2.75) is 20.8 Å². The van der Waals surface area contributed by atoms with Crippen molar-refractivity contribution in [3.05, 3.63) is 59.2 Å². The molecule has 0 saturated carbocycles. The number of ether oxygens (including phenoxy) is 1. The average molecular weight is 340 g/mol. The van der Waals surface area contributed by atoms with E-state index >= 15 is 0 Å². The molecule has 2 aromatic carbocycles. The fourth-order valence-electron chi connectivity index (χ4n) is 2.66. The number of nitrogens with zero attached hydrogens (tertiary/aromatic N) is 1. The van der Waals surface area contributed by atoms with E-state index in [2.05, 4.69) is 5.32 Å². The summed E-state index contributed by atoms with van der Waals surface area (Å²) in [7, 11) is 1.59. The van der Waals surface area contributed by atoms with Crippen molar-refractivity contribution in [2.75, 3.05) is 25.5 Å². The molecule has 5 heteroatoms. The second kappa shape index (κ2) is 8.33. The summed E-state index contributed by atoms with van der Waals surface area (Å²) in [6, 6.07) is 12.8. The smallest absolute Gasteiger partial charge is 0.254 e. The largest absolute Gasteiger partial charge is 0.497 e. The number of methoxy groups -OCH3 is 1. The van der Waals surface area contributed by atoms with Gasteiger partial charge in [0.1, 0.15) is 12.3 Å². The Bertz CT molecular complexity index is 734. The van der Waals surface area contributed by atoms with Gasteiger partial charge in [0.2, 0.25) is 5.91 Å². The molecule has 0 aromatic heterocycles. The van der Waals surface area contributed by atoms with Crippen LogP contribution in [0.15, 0.2) is 42.5 Å². The fraction of sp³-hybridized carbons (Fsp3) is 0.300. The maximum absolute atomic E-state index is 12.7. The highest BCUT2D eigenvalue weighted by atomic mass is 16.5. The van der Waals surface area contributed by atoms with Crippen LogP contribution in [0.1, 0.15) is 28.4 Å². The summed E-state index contributed by atoms with van der Waals surface area (Å²) >= 11 is 0. The van der Waals surface area contributed by atoms with Crippen molar-refractivity contribution in [2.24, 2.45) is 0 Å². The highest BCUT2D eigenvalue weighted by Crippen LogP contribution is 2.15. The summed E-state index contributed by atoms with van der Waals surface area (Å²) in [6.07, 6.45) is 0. The number of nitrogens with one attached hydrogen (secondary N) is 1. The molecule has 0 aliphatic carbocycles. The van der Waals surface area contributed by atoms with Crippen LogP contribution in [-0.2, 0) is 4.79 Å². The molecule has 0 spiro atoms. The predicted molar refractivity (Wildman–Crippen MR) is 99.1 cm³/mol. The van der Waals surface area contributed by atoms with Crippen molar-refractivity contribution in [3.63, 3.8) is 0 Å². The van der Waals surface area contributed by atoms with Crippen LogP contribution in [0.2, 0.25) is 0 Å². The zero-order valence-electron chi connectivity index (χ0n) is 15.1. The van der Waals surface area contributed by atoms with Crippen LogP contribution in [0.5, 0.6) is 5.75 Å². The van der Waals surface area contributed by atoms with E-state index < -0.39 is 0 Å². The normalized spacial score (nSPS) is 10.2. The van der Waals surface area contributed by atoms with E-state index in [0.29, 0.717) is 17.8 Å². The number of hydrogen-bond donors (Lipinski definition) is 1. The van der Waals surface area contributed by atoms with Gasteiger partial charge in [-0.3, -0.25) is 9.59 Å². The van der Waals surface area contributed by atoms with Gasteiger partial charge in [0.25, 0.3) is 5.91 Å². The average Bonchev–Trinajstić information content (AvgIpc) is 2.59. The molecule has 0 aliphatic rings. The lowest BCUT2D eigenvalue weighted by Crippen LogP contribution is -2.37. The van der Waals surface area contributed by atoms with Gasteiger partial charge in [0.15, 0.2) is 0 Å². The van der Waals surface area contributed by atoms with Gasteiger partial charge in [-0.05, 0) is 57.2 Å². The van der Waals surface area contributed by atoms with Crippen LogP contribution in [0.4, 0.5) is 5.69 Å². The van der Waals surface area contributed by atoms with Gasteiger partial charge in [-0.1, -0.05) is 17.2 Å². The molecule has 0 saturated heterocycles. The Hall–Kier alpha value is -2.82. The van der Waals surface area contributed by atoms with Gasteiger partial charge < -0.3 is 15.0 Å². The number of carbonyl (C=O) groups excluding carboxylic acids is 2. The molecule has 0 atom stereocenters. The van der Waals surface area contributed by atoms with E-state index in [1.165, 1.54) is 4.90 Å². The lowest BCUT2D eigenvalue weighted by atomic mass is 10.1. The van der Waals surface area contributed by atoms with E-state index in [0.717, 1.165) is 16.9 Å². The Morgan fingerprint density at radius 1 is 1.04 bits per heavy atom. The SMILES string of the molecule is CCN(CC(=O)Nc1ccc(OC)cc1)C(=O)c1cc(C)cc(C)c1. The lowest BCUT2D eigenvalue weighted by molar-refractivity contribution is -0.116. The summed E-state index contributed by atoms with van der Waals surface area (Å²) in [5.74, 6) is 0.349. The minimum atomic E-state index is -0.232.